The molecule has 1 heterocycles. The van der Waals surface area contributed by atoms with Crippen LogP contribution in [0.15, 0.2) is 12.7 Å². The predicted molar refractivity (Wildman–Crippen MR) is 52.4 cm³/mol. The molecule has 6 heteroatoms. The molecule has 0 aliphatic carbocycles. The van der Waals surface area contributed by atoms with Gasteiger partial charge in [0.05, 0.1) is 12.6 Å². The van der Waals surface area contributed by atoms with Gasteiger partial charge >= 0.3 is 6.09 Å². The number of carbonyl (C=O) groups is 2. The smallest absolute Gasteiger partial charge is 0.407 e. The van der Waals surface area contributed by atoms with Crippen molar-refractivity contribution in [1.29, 1.82) is 0 Å². The molecule has 84 valence electrons. The van der Waals surface area contributed by atoms with Crippen molar-refractivity contribution in [3.8, 4) is 0 Å². The first kappa shape index (κ1) is 11.5. The molecule has 0 aromatic rings. The number of nitrogens with zero attached hydrogens (tertiary/aromatic N) is 2. The quantitative estimate of drug-likeness (QED) is 0.599. The highest BCUT2D eigenvalue weighted by Gasteiger charge is 2.30. The lowest BCUT2D eigenvalue weighted by atomic mass is 10.2. The van der Waals surface area contributed by atoms with Gasteiger partial charge < -0.3 is 15.1 Å². The lowest BCUT2D eigenvalue weighted by Crippen LogP contribution is -2.57. The second kappa shape index (κ2) is 4.79. The molecule has 15 heavy (non-hydrogen) atoms. The van der Waals surface area contributed by atoms with Crippen LogP contribution in [-0.4, -0.2) is 64.3 Å². The first-order valence-electron chi connectivity index (χ1n) is 4.62. The molecule has 1 rings (SSSR count). The number of rotatable bonds is 2. The van der Waals surface area contributed by atoms with Crippen LogP contribution in [0.4, 0.5) is 4.79 Å². The van der Waals surface area contributed by atoms with Crippen LogP contribution in [-0.2, 0) is 4.79 Å². The SMILES string of the molecule is C=CC(=O)N1CCN(C(=O)O)[C@@H](CO)C1. The van der Waals surface area contributed by atoms with E-state index in [1.165, 1.54) is 11.0 Å². The van der Waals surface area contributed by atoms with Crippen LogP contribution in [0.3, 0.4) is 0 Å². The van der Waals surface area contributed by atoms with Gasteiger partial charge in [-0.25, -0.2) is 4.79 Å². The Labute approximate surface area is 87.4 Å². The van der Waals surface area contributed by atoms with Gasteiger partial charge in [0.2, 0.25) is 5.91 Å². The van der Waals surface area contributed by atoms with Crippen molar-refractivity contribution in [1.82, 2.24) is 9.80 Å². The zero-order valence-electron chi connectivity index (χ0n) is 8.30. The van der Waals surface area contributed by atoms with Crippen LogP contribution in [0.2, 0.25) is 0 Å². The van der Waals surface area contributed by atoms with Gasteiger partial charge in [0, 0.05) is 19.6 Å². The van der Waals surface area contributed by atoms with E-state index in [2.05, 4.69) is 6.58 Å². The summed E-state index contributed by atoms with van der Waals surface area (Å²) < 4.78 is 0. The van der Waals surface area contributed by atoms with Crippen molar-refractivity contribution >= 4 is 12.0 Å². The molecule has 1 aliphatic rings. The van der Waals surface area contributed by atoms with Crippen molar-refractivity contribution in [2.45, 2.75) is 6.04 Å². The Hall–Kier alpha value is -1.56. The van der Waals surface area contributed by atoms with E-state index in [1.807, 2.05) is 0 Å². The first-order chi connectivity index (χ1) is 7.10. The lowest BCUT2D eigenvalue weighted by molar-refractivity contribution is -0.129. The minimum absolute atomic E-state index is 0.216. The molecule has 0 radical (unpaired) electrons. The Bertz CT molecular complexity index is 279. The summed E-state index contributed by atoms with van der Waals surface area (Å²) in [5.74, 6) is -0.238. The topological polar surface area (TPSA) is 81.1 Å². The minimum atomic E-state index is -1.07. The molecule has 1 fully saturated rings. The predicted octanol–water partition coefficient (Wildman–Crippen LogP) is -0.645. The van der Waals surface area contributed by atoms with Crippen molar-refractivity contribution in [2.24, 2.45) is 0 Å². The highest BCUT2D eigenvalue weighted by Crippen LogP contribution is 2.10. The molecule has 0 unspecified atom stereocenters. The third-order valence-electron chi connectivity index (χ3n) is 2.43. The maximum absolute atomic E-state index is 11.3. The Morgan fingerprint density at radius 2 is 2.13 bits per heavy atom. The van der Waals surface area contributed by atoms with Crippen molar-refractivity contribution in [3.63, 3.8) is 0 Å². The van der Waals surface area contributed by atoms with Gasteiger partial charge in [-0.2, -0.15) is 0 Å². The summed E-state index contributed by atoms with van der Waals surface area (Å²) in [4.78, 5) is 24.7. The maximum Gasteiger partial charge on any atom is 0.407 e. The zero-order valence-corrected chi connectivity index (χ0v) is 8.30. The average Bonchev–Trinajstić information content (AvgIpc) is 2.26. The van der Waals surface area contributed by atoms with Crippen LogP contribution >= 0.6 is 0 Å². The minimum Gasteiger partial charge on any atom is -0.465 e. The third-order valence-corrected chi connectivity index (χ3v) is 2.43. The molecule has 0 saturated carbocycles. The van der Waals surface area contributed by atoms with Gasteiger partial charge in [-0.15, -0.1) is 0 Å². The van der Waals surface area contributed by atoms with Gasteiger partial charge in [0.1, 0.15) is 0 Å². The number of hydrogen-bond donors (Lipinski definition) is 2. The monoisotopic (exact) mass is 214 g/mol. The number of hydrogen-bond acceptors (Lipinski definition) is 3. The van der Waals surface area contributed by atoms with Crippen molar-refractivity contribution < 1.29 is 19.8 Å². The Morgan fingerprint density at radius 1 is 1.47 bits per heavy atom. The molecule has 0 aromatic carbocycles. The number of carboxylic acid groups (broad SMARTS) is 1. The van der Waals surface area contributed by atoms with E-state index in [0.29, 0.717) is 6.54 Å². The molecular formula is C9H14N2O4. The van der Waals surface area contributed by atoms with Gasteiger partial charge in [-0.3, -0.25) is 9.69 Å². The summed E-state index contributed by atoms with van der Waals surface area (Å²) in [7, 11) is 0. The largest absolute Gasteiger partial charge is 0.465 e. The first-order valence-corrected chi connectivity index (χ1v) is 4.62. The maximum atomic E-state index is 11.3. The van der Waals surface area contributed by atoms with Crippen LogP contribution in [0.5, 0.6) is 0 Å². The molecule has 2 amide bonds. The summed E-state index contributed by atoms with van der Waals surface area (Å²) >= 11 is 0. The molecule has 0 aromatic heterocycles. The van der Waals surface area contributed by atoms with Crippen molar-refractivity contribution in [2.75, 3.05) is 26.2 Å². The fraction of sp³-hybridized carbons (Fsp3) is 0.556. The summed E-state index contributed by atoms with van der Waals surface area (Å²) in [6.45, 7) is 3.85. The van der Waals surface area contributed by atoms with E-state index in [4.69, 9.17) is 10.2 Å². The average molecular weight is 214 g/mol. The molecule has 1 atom stereocenters. The lowest BCUT2D eigenvalue weighted by Gasteiger charge is -2.38. The molecule has 2 N–H and O–H groups in total. The second-order valence-electron chi connectivity index (χ2n) is 3.30. The molecule has 1 aliphatic heterocycles. The summed E-state index contributed by atoms with van der Waals surface area (Å²) in [6.07, 6.45) is 0.116. The number of aliphatic hydroxyl groups is 1. The standard InChI is InChI=1S/C9H14N2O4/c1-2-8(13)10-3-4-11(9(14)15)7(5-10)6-12/h2,7,12H,1,3-6H2,(H,14,15)/t7-/m1/s1. The number of carbonyl (C=O) groups excluding carboxylic acids is 1. The molecule has 1 saturated heterocycles. The molecule has 0 spiro atoms. The number of aliphatic hydroxyl groups excluding tert-OH is 1. The van der Waals surface area contributed by atoms with Crippen LogP contribution in [0, 0.1) is 0 Å². The molecule has 0 bridgehead atoms. The van der Waals surface area contributed by atoms with Gasteiger partial charge in [0.25, 0.3) is 0 Å². The van der Waals surface area contributed by atoms with E-state index >= 15 is 0 Å². The fourth-order valence-electron chi connectivity index (χ4n) is 1.59. The van der Waals surface area contributed by atoms with E-state index in [9.17, 15) is 9.59 Å². The highest BCUT2D eigenvalue weighted by atomic mass is 16.4. The summed E-state index contributed by atoms with van der Waals surface area (Å²) in [5, 5.41) is 17.8. The van der Waals surface area contributed by atoms with Crippen LogP contribution in [0.1, 0.15) is 0 Å². The fourth-order valence-corrected chi connectivity index (χ4v) is 1.59. The van der Waals surface area contributed by atoms with Gasteiger partial charge in [-0.1, -0.05) is 6.58 Å². The Kier molecular flexibility index (Phi) is 3.68. The van der Waals surface area contributed by atoms with E-state index in [0.717, 1.165) is 4.90 Å². The van der Waals surface area contributed by atoms with Gasteiger partial charge in [0.15, 0.2) is 0 Å². The van der Waals surface area contributed by atoms with E-state index < -0.39 is 12.1 Å². The summed E-state index contributed by atoms with van der Waals surface area (Å²) in [6, 6.07) is -0.542. The Morgan fingerprint density at radius 3 is 2.60 bits per heavy atom. The van der Waals surface area contributed by atoms with Crippen LogP contribution in [0.25, 0.3) is 0 Å². The molecular weight excluding hydrogens is 200 g/mol. The zero-order chi connectivity index (χ0) is 11.4. The normalized spacial score (nSPS) is 21.3. The molecule has 6 nitrogen and oxygen atoms in total. The third kappa shape index (κ3) is 2.47. The second-order valence-corrected chi connectivity index (χ2v) is 3.30. The van der Waals surface area contributed by atoms with Gasteiger partial charge in [-0.05, 0) is 6.08 Å². The van der Waals surface area contributed by atoms with Crippen molar-refractivity contribution in [3.05, 3.63) is 12.7 Å². The summed E-state index contributed by atoms with van der Waals surface area (Å²) in [5.41, 5.74) is 0. The Balaban J connectivity index is 2.66. The van der Waals surface area contributed by atoms with E-state index in [1.54, 1.807) is 0 Å². The number of amides is 2. The highest BCUT2D eigenvalue weighted by molar-refractivity contribution is 5.87. The van der Waals surface area contributed by atoms with Crippen LogP contribution < -0.4 is 0 Å². The number of piperazine rings is 1. The van der Waals surface area contributed by atoms with E-state index in [-0.39, 0.29) is 25.6 Å².